The molecule has 0 fully saturated rings. The maximum atomic E-state index is 11.1. The first kappa shape index (κ1) is 10.8. The summed E-state index contributed by atoms with van der Waals surface area (Å²) in [5.41, 5.74) is 1.04. The van der Waals surface area contributed by atoms with Gasteiger partial charge in [-0.3, -0.25) is 4.79 Å². The third-order valence-electron chi connectivity index (χ3n) is 1.84. The Morgan fingerprint density at radius 2 is 2.21 bits per heavy atom. The molecule has 0 spiro atoms. The average molecular weight is 252 g/mol. The minimum Gasteiger partial charge on any atom is -0.331 e. The molecule has 1 rings (SSSR count). The van der Waals surface area contributed by atoms with E-state index in [0.29, 0.717) is 6.54 Å². The number of benzene rings is 1. The molecule has 0 unspecified atom stereocenters. The van der Waals surface area contributed by atoms with Gasteiger partial charge in [-0.2, -0.15) is 0 Å². The van der Waals surface area contributed by atoms with E-state index in [2.05, 4.69) is 21.9 Å². The van der Waals surface area contributed by atoms with Crippen molar-refractivity contribution in [3.05, 3.63) is 34.3 Å². The lowest BCUT2D eigenvalue weighted by Gasteiger charge is -2.14. The van der Waals surface area contributed by atoms with E-state index in [9.17, 15) is 4.79 Å². The number of carbonyl (C=O) groups excluding carboxylic acids is 1. The highest BCUT2D eigenvalue weighted by molar-refractivity contribution is 9.10. The van der Waals surface area contributed by atoms with Gasteiger partial charge in [0, 0.05) is 18.1 Å². The molecule has 0 aliphatic heterocycles. The number of carbonyl (C=O) groups is 1. The Kier molecular flexibility index (Phi) is 3.73. The summed E-state index contributed by atoms with van der Waals surface area (Å²) in [7, 11) is 1.68. The summed E-state index contributed by atoms with van der Waals surface area (Å²) in [5, 5.41) is 0. The fraction of sp³-hybridized carbons (Fsp3) is 0.182. The van der Waals surface area contributed by atoms with Crippen LogP contribution in [-0.4, -0.2) is 17.9 Å². The number of rotatable bonds is 2. The maximum Gasteiger partial charge on any atom is 0.298 e. The summed E-state index contributed by atoms with van der Waals surface area (Å²) in [6.45, 7) is 0.518. The summed E-state index contributed by atoms with van der Waals surface area (Å²) < 4.78 is 0.983. The molecule has 0 aliphatic rings. The normalized spacial score (nSPS) is 9.21. The second kappa shape index (κ2) is 4.83. The smallest absolute Gasteiger partial charge is 0.298 e. The van der Waals surface area contributed by atoms with Gasteiger partial charge in [-0.1, -0.05) is 34.1 Å². The van der Waals surface area contributed by atoms with Crippen LogP contribution < -0.4 is 0 Å². The molecule has 14 heavy (non-hydrogen) atoms. The average Bonchev–Trinajstić information content (AvgIpc) is 2.20. The lowest BCUT2D eigenvalue weighted by atomic mass is 10.2. The number of hydrogen-bond acceptors (Lipinski definition) is 1. The predicted octanol–water partition coefficient (Wildman–Crippen LogP) is 2.04. The van der Waals surface area contributed by atoms with Gasteiger partial charge in [0.25, 0.3) is 5.91 Å². The minimum absolute atomic E-state index is 0.305. The molecule has 0 N–H and O–H groups in total. The number of halogens is 1. The topological polar surface area (TPSA) is 20.3 Å². The zero-order valence-corrected chi connectivity index (χ0v) is 9.41. The SMILES string of the molecule is C#CC(=O)N(C)Cc1ccccc1Br. The van der Waals surface area contributed by atoms with Gasteiger partial charge in [-0.25, -0.2) is 0 Å². The van der Waals surface area contributed by atoms with Crippen molar-refractivity contribution in [1.29, 1.82) is 0 Å². The molecular formula is C11H10BrNO. The first-order valence-corrected chi connectivity index (χ1v) is 4.89. The van der Waals surface area contributed by atoms with E-state index in [4.69, 9.17) is 6.42 Å². The van der Waals surface area contributed by atoms with Gasteiger partial charge in [0.05, 0.1) is 0 Å². The Balaban J connectivity index is 2.75. The van der Waals surface area contributed by atoms with E-state index in [-0.39, 0.29) is 5.91 Å². The van der Waals surface area contributed by atoms with Crippen LogP contribution >= 0.6 is 15.9 Å². The minimum atomic E-state index is -0.305. The predicted molar refractivity (Wildman–Crippen MR) is 59.4 cm³/mol. The van der Waals surface area contributed by atoms with Crippen molar-refractivity contribution in [3.8, 4) is 12.3 Å². The summed E-state index contributed by atoms with van der Waals surface area (Å²) in [4.78, 5) is 12.6. The molecule has 0 saturated heterocycles. The van der Waals surface area contributed by atoms with Crippen molar-refractivity contribution in [3.63, 3.8) is 0 Å². The number of amides is 1. The monoisotopic (exact) mass is 251 g/mol. The molecule has 0 bridgehead atoms. The van der Waals surface area contributed by atoms with Crippen molar-refractivity contribution in [2.75, 3.05) is 7.05 Å². The van der Waals surface area contributed by atoms with Crippen LogP contribution in [0.25, 0.3) is 0 Å². The van der Waals surface area contributed by atoms with E-state index in [0.717, 1.165) is 10.0 Å². The van der Waals surface area contributed by atoms with Crippen molar-refractivity contribution in [2.45, 2.75) is 6.54 Å². The third-order valence-corrected chi connectivity index (χ3v) is 2.61. The summed E-state index contributed by atoms with van der Waals surface area (Å²) >= 11 is 3.41. The Hall–Kier alpha value is -1.27. The zero-order chi connectivity index (χ0) is 10.6. The molecule has 3 heteroatoms. The van der Waals surface area contributed by atoms with Crippen LogP contribution in [0, 0.1) is 12.3 Å². The van der Waals surface area contributed by atoms with Crippen LogP contribution in [0.2, 0.25) is 0 Å². The Morgan fingerprint density at radius 3 is 2.79 bits per heavy atom. The van der Waals surface area contributed by atoms with E-state index < -0.39 is 0 Å². The quantitative estimate of drug-likeness (QED) is 0.737. The molecule has 1 amide bonds. The molecule has 1 aromatic carbocycles. The second-order valence-electron chi connectivity index (χ2n) is 2.90. The zero-order valence-electron chi connectivity index (χ0n) is 7.83. The van der Waals surface area contributed by atoms with Gasteiger partial charge >= 0.3 is 0 Å². The molecule has 2 nitrogen and oxygen atoms in total. The molecule has 0 atom stereocenters. The van der Waals surface area contributed by atoms with E-state index in [1.165, 1.54) is 4.90 Å². The fourth-order valence-electron chi connectivity index (χ4n) is 1.06. The van der Waals surface area contributed by atoms with Gasteiger partial charge in [-0.05, 0) is 17.6 Å². The largest absolute Gasteiger partial charge is 0.331 e. The van der Waals surface area contributed by atoms with Gasteiger partial charge in [-0.15, -0.1) is 6.42 Å². The Morgan fingerprint density at radius 1 is 1.57 bits per heavy atom. The van der Waals surface area contributed by atoms with Crippen LogP contribution in [0.15, 0.2) is 28.7 Å². The van der Waals surface area contributed by atoms with Crippen LogP contribution in [0.5, 0.6) is 0 Å². The van der Waals surface area contributed by atoms with E-state index in [1.54, 1.807) is 7.05 Å². The van der Waals surface area contributed by atoms with Crippen LogP contribution in [0.4, 0.5) is 0 Å². The molecule has 72 valence electrons. The van der Waals surface area contributed by atoms with Crippen molar-refractivity contribution >= 4 is 21.8 Å². The highest BCUT2D eigenvalue weighted by Gasteiger charge is 2.07. The third kappa shape index (κ3) is 2.61. The van der Waals surface area contributed by atoms with Crippen molar-refractivity contribution in [1.82, 2.24) is 4.90 Å². The van der Waals surface area contributed by atoms with E-state index >= 15 is 0 Å². The van der Waals surface area contributed by atoms with Crippen LogP contribution in [-0.2, 0) is 11.3 Å². The summed E-state index contributed by atoms with van der Waals surface area (Å²) in [6.07, 6.45) is 5.01. The maximum absolute atomic E-state index is 11.1. The van der Waals surface area contributed by atoms with Gasteiger partial charge in [0.1, 0.15) is 0 Å². The fourth-order valence-corrected chi connectivity index (χ4v) is 1.47. The van der Waals surface area contributed by atoms with Gasteiger partial charge < -0.3 is 4.90 Å². The highest BCUT2D eigenvalue weighted by atomic mass is 79.9. The van der Waals surface area contributed by atoms with Gasteiger partial charge in [0.2, 0.25) is 0 Å². The van der Waals surface area contributed by atoms with Crippen LogP contribution in [0.3, 0.4) is 0 Å². The molecule has 0 radical (unpaired) electrons. The lowest BCUT2D eigenvalue weighted by Crippen LogP contribution is -2.24. The molecule has 0 saturated carbocycles. The van der Waals surface area contributed by atoms with Crippen molar-refractivity contribution in [2.24, 2.45) is 0 Å². The first-order chi connectivity index (χ1) is 6.65. The Labute approximate surface area is 92.0 Å². The Bertz CT molecular complexity index is 381. The van der Waals surface area contributed by atoms with Crippen LogP contribution in [0.1, 0.15) is 5.56 Å². The highest BCUT2D eigenvalue weighted by Crippen LogP contribution is 2.17. The number of nitrogens with zero attached hydrogens (tertiary/aromatic N) is 1. The van der Waals surface area contributed by atoms with Gasteiger partial charge in [0.15, 0.2) is 0 Å². The molecule has 0 aliphatic carbocycles. The molecule has 1 aromatic rings. The summed E-state index contributed by atoms with van der Waals surface area (Å²) in [6, 6.07) is 7.73. The standard InChI is InChI=1S/C11H10BrNO/c1-3-11(14)13(2)8-9-6-4-5-7-10(9)12/h1,4-7H,8H2,2H3. The molecular weight excluding hydrogens is 242 g/mol. The van der Waals surface area contributed by atoms with E-state index in [1.807, 2.05) is 24.3 Å². The second-order valence-corrected chi connectivity index (χ2v) is 3.75. The molecule has 0 aromatic heterocycles. The van der Waals surface area contributed by atoms with Crippen molar-refractivity contribution < 1.29 is 4.79 Å². The number of hydrogen-bond donors (Lipinski definition) is 0. The lowest BCUT2D eigenvalue weighted by molar-refractivity contribution is -0.124. The first-order valence-electron chi connectivity index (χ1n) is 4.10. The number of terminal acetylenes is 1. The summed E-state index contributed by atoms with van der Waals surface area (Å²) in [5.74, 6) is 1.77. The molecule has 0 heterocycles.